The molecule has 0 aromatic carbocycles. The van der Waals surface area contributed by atoms with Crippen molar-refractivity contribution in [3.63, 3.8) is 0 Å². The fourth-order valence-corrected chi connectivity index (χ4v) is 1.00. The van der Waals surface area contributed by atoms with Crippen LogP contribution in [0.25, 0.3) is 0 Å². The highest BCUT2D eigenvalue weighted by Crippen LogP contribution is 2.18. The van der Waals surface area contributed by atoms with Gasteiger partial charge in [0.1, 0.15) is 0 Å². The Hall–Kier alpha value is -0.0400. The van der Waals surface area contributed by atoms with Crippen molar-refractivity contribution in [2.24, 2.45) is 23.5 Å². The minimum absolute atomic E-state index is 0.692. The Kier molecular flexibility index (Phi) is 4.71. The number of hydrogen-bond donors (Lipinski definition) is 1. The lowest BCUT2D eigenvalue weighted by atomic mass is 9.89. The molecule has 0 saturated heterocycles. The predicted octanol–water partition coefficient (Wildman–Crippen LogP) is 2.26. The van der Waals surface area contributed by atoms with Gasteiger partial charge in [0.2, 0.25) is 0 Å². The minimum atomic E-state index is 0.692. The van der Waals surface area contributed by atoms with Gasteiger partial charge in [-0.05, 0) is 30.7 Å². The predicted molar refractivity (Wildman–Crippen MR) is 46.8 cm³/mol. The highest BCUT2D eigenvalue weighted by molar-refractivity contribution is 4.62. The molecule has 0 rings (SSSR count). The molecular weight excluding hydrogens is 122 g/mol. The summed E-state index contributed by atoms with van der Waals surface area (Å²) in [5.74, 6) is 2.31. The van der Waals surface area contributed by atoms with Gasteiger partial charge in [-0.1, -0.05) is 27.7 Å². The van der Waals surface area contributed by atoms with Crippen LogP contribution in [0.1, 0.15) is 34.1 Å². The molecule has 10 heavy (non-hydrogen) atoms. The maximum atomic E-state index is 5.52. The van der Waals surface area contributed by atoms with E-state index in [1.54, 1.807) is 0 Å². The van der Waals surface area contributed by atoms with Crippen molar-refractivity contribution >= 4 is 0 Å². The first-order valence-corrected chi connectivity index (χ1v) is 4.28. The topological polar surface area (TPSA) is 26.0 Å². The molecule has 0 saturated carbocycles. The molecule has 0 bridgehead atoms. The van der Waals surface area contributed by atoms with Gasteiger partial charge in [-0.3, -0.25) is 0 Å². The zero-order valence-corrected chi connectivity index (χ0v) is 7.72. The van der Waals surface area contributed by atoms with Crippen molar-refractivity contribution in [2.75, 3.05) is 6.54 Å². The second-order valence-electron chi connectivity index (χ2n) is 3.80. The number of hydrogen-bond acceptors (Lipinski definition) is 1. The van der Waals surface area contributed by atoms with Gasteiger partial charge in [-0.2, -0.15) is 0 Å². The van der Waals surface area contributed by atoms with Crippen molar-refractivity contribution in [1.82, 2.24) is 0 Å². The van der Waals surface area contributed by atoms with Crippen LogP contribution in [0.3, 0.4) is 0 Å². The first-order valence-electron chi connectivity index (χ1n) is 4.28. The molecule has 0 amide bonds. The van der Waals surface area contributed by atoms with E-state index in [4.69, 9.17) is 5.73 Å². The van der Waals surface area contributed by atoms with Gasteiger partial charge < -0.3 is 5.73 Å². The molecule has 1 nitrogen and oxygen atoms in total. The zero-order valence-electron chi connectivity index (χ0n) is 7.72. The van der Waals surface area contributed by atoms with Crippen molar-refractivity contribution in [3.05, 3.63) is 0 Å². The minimum Gasteiger partial charge on any atom is -0.330 e. The molecule has 0 aliphatic rings. The largest absolute Gasteiger partial charge is 0.330 e. The molecule has 0 aromatic heterocycles. The first kappa shape index (κ1) is 9.96. The second-order valence-corrected chi connectivity index (χ2v) is 3.80. The molecule has 0 aromatic rings. The SMILES string of the molecule is CC(CN)C[C@@H](C)C(C)C. The summed E-state index contributed by atoms with van der Waals surface area (Å²) in [4.78, 5) is 0. The Labute approximate surface area is 65.0 Å². The smallest absolute Gasteiger partial charge is 0.00514 e. The van der Waals surface area contributed by atoms with E-state index in [-0.39, 0.29) is 0 Å². The lowest BCUT2D eigenvalue weighted by Gasteiger charge is -2.18. The van der Waals surface area contributed by atoms with E-state index in [1.165, 1.54) is 6.42 Å². The van der Waals surface area contributed by atoms with Crippen molar-refractivity contribution in [3.8, 4) is 0 Å². The van der Waals surface area contributed by atoms with Crippen LogP contribution in [0.15, 0.2) is 0 Å². The van der Waals surface area contributed by atoms with Gasteiger partial charge in [0.25, 0.3) is 0 Å². The molecule has 0 spiro atoms. The highest BCUT2D eigenvalue weighted by atomic mass is 14.5. The van der Waals surface area contributed by atoms with Gasteiger partial charge in [-0.25, -0.2) is 0 Å². The summed E-state index contributed by atoms with van der Waals surface area (Å²) in [6, 6.07) is 0. The second kappa shape index (κ2) is 4.73. The molecule has 0 radical (unpaired) electrons. The Morgan fingerprint density at radius 3 is 1.90 bits per heavy atom. The van der Waals surface area contributed by atoms with Crippen LogP contribution in [0.2, 0.25) is 0 Å². The molecule has 1 heteroatoms. The van der Waals surface area contributed by atoms with E-state index in [1.807, 2.05) is 0 Å². The maximum Gasteiger partial charge on any atom is -0.00514 e. The molecule has 1 unspecified atom stereocenters. The number of rotatable bonds is 4. The molecule has 2 N–H and O–H groups in total. The third-order valence-corrected chi connectivity index (χ3v) is 2.31. The van der Waals surface area contributed by atoms with E-state index in [0.29, 0.717) is 5.92 Å². The average Bonchev–Trinajstić information content (AvgIpc) is 1.87. The summed E-state index contributed by atoms with van der Waals surface area (Å²) in [5, 5.41) is 0. The molecule has 0 aliphatic carbocycles. The van der Waals surface area contributed by atoms with Crippen molar-refractivity contribution in [1.29, 1.82) is 0 Å². The Morgan fingerprint density at radius 2 is 1.60 bits per heavy atom. The van der Waals surface area contributed by atoms with Crippen molar-refractivity contribution < 1.29 is 0 Å². The van der Waals surface area contributed by atoms with Gasteiger partial charge in [0.15, 0.2) is 0 Å². The lowest BCUT2D eigenvalue weighted by Crippen LogP contribution is -2.16. The van der Waals surface area contributed by atoms with E-state index < -0.39 is 0 Å². The Balaban J connectivity index is 3.46. The summed E-state index contributed by atoms with van der Waals surface area (Å²) in [6.45, 7) is 9.90. The fraction of sp³-hybridized carbons (Fsp3) is 1.00. The van der Waals surface area contributed by atoms with Gasteiger partial charge in [0.05, 0.1) is 0 Å². The van der Waals surface area contributed by atoms with Crippen LogP contribution in [-0.2, 0) is 0 Å². The lowest BCUT2D eigenvalue weighted by molar-refractivity contribution is 0.335. The molecule has 0 aliphatic heterocycles. The van der Waals surface area contributed by atoms with Crippen molar-refractivity contribution in [2.45, 2.75) is 34.1 Å². The summed E-state index contributed by atoms with van der Waals surface area (Å²) in [6.07, 6.45) is 1.27. The summed E-state index contributed by atoms with van der Waals surface area (Å²) in [7, 11) is 0. The van der Waals surface area contributed by atoms with Crippen LogP contribution in [0.5, 0.6) is 0 Å². The third-order valence-electron chi connectivity index (χ3n) is 2.31. The van der Waals surface area contributed by atoms with Gasteiger partial charge in [-0.15, -0.1) is 0 Å². The van der Waals surface area contributed by atoms with Crippen LogP contribution in [0, 0.1) is 17.8 Å². The van der Waals surface area contributed by atoms with Crippen LogP contribution >= 0.6 is 0 Å². The molecule has 0 fully saturated rings. The molecule has 62 valence electrons. The fourth-order valence-electron chi connectivity index (χ4n) is 1.00. The number of nitrogens with two attached hydrogens (primary N) is 1. The van der Waals surface area contributed by atoms with Gasteiger partial charge >= 0.3 is 0 Å². The quantitative estimate of drug-likeness (QED) is 0.642. The standard InChI is InChI=1S/C9H21N/c1-7(2)9(4)5-8(3)6-10/h7-9H,5-6,10H2,1-4H3/t8?,9-/m1/s1. The zero-order chi connectivity index (χ0) is 8.15. The molecule has 2 atom stereocenters. The highest BCUT2D eigenvalue weighted by Gasteiger charge is 2.10. The van der Waals surface area contributed by atoms with E-state index in [2.05, 4.69) is 27.7 Å². The summed E-state index contributed by atoms with van der Waals surface area (Å²) >= 11 is 0. The summed E-state index contributed by atoms with van der Waals surface area (Å²) < 4.78 is 0. The average molecular weight is 143 g/mol. The van der Waals surface area contributed by atoms with E-state index in [0.717, 1.165) is 18.4 Å². The Bertz CT molecular complexity index is 78.8. The summed E-state index contributed by atoms with van der Waals surface area (Å²) in [5.41, 5.74) is 5.52. The molecule has 0 heterocycles. The van der Waals surface area contributed by atoms with Gasteiger partial charge in [0, 0.05) is 0 Å². The normalized spacial score (nSPS) is 17.4. The van der Waals surface area contributed by atoms with E-state index in [9.17, 15) is 0 Å². The Morgan fingerprint density at radius 1 is 1.10 bits per heavy atom. The van der Waals surface area contributed by atoms with Crippen LogP contribution in [0.4, 0.5) is 0 Å². The monoisotopic (exact) mass is 143 g/mol. The van der Waals surface area contributed by atoms with Crippen LogP contribution in [-0.4, -0.2) is 6.54 Å². The maximum absolute atomic E-state index is 5.52. The molecular formula is C9H21N. The van der Waals surface area contributed by atoms with E-state index >= 15 is 0 Å². The van der Waals surface area contributed by atoms with Crippen LogP contribution < -0.4 is 5.73 Å². The third kappa shape index (κ3) is 3.89. The first-order chi connectivity index (χ1) is 4.57.